The van der Waals surface area contributed by atoms with Gasteiger partial charge in [-0.3, -0.25) is 4.79 Å². The fourth-order valence-electron chi connectivity index (χ4n) is 1.81. The number of hydrogen-bond donors (Lipinski definition) is 1. The van der Waals surface area contributed by atoms with Crippen LogP contribution in [0.1, 0.15) is 52.9 Å². The van der Waals surface area contributed by atoms with Crippen LogP contribution in [0.5, 0.6) is 0 Å². The van der Waals surface area contributed by atoms with Gasteiger partial charge in [0, 0.05) is 6.04 Å². The zero-order valence-electron chi connectivity index (χ0n) is 11.2. The summed E-state index contributed by atoms with van der Waals surface area (Å²) in [7, 11) is 1.45. The summed E-state index contributed by atoms with van der Waals surface area (Å²) in [4.78, 5) is 11.2. The van der Waals surface area contributed by atoms with Crippen LogP contribution >= 0.6 is 0 Å². The molecule has 2 unspecified atom stereocenters. The topological polar surface area (TPSA) is 38.3 Å². The van der Waals surface area contributed by atoms with Gasteiger partial charge in [-0.2, -0.15) is 0 Å². The third-order valence-electron chi connectivity index (χ3n) is 2.83. The Balaban J connectivity index is 3.50. The number of carbonyl (C=O) groups is 1. The molecular weight excluding hydrogens is 202 g/mol. The number of rotatable bonds is 9. The van der Waals surface area contributed by atoms with Crippen LogP contribution in [0.2, 0.25) is 0 Å². The molecule has 1 N–H and O–H groups in total. The molecule has 0 bridgehead atoms. The van der Waals surface area contributed by atoms with E-state index in [1.165, 1.54) is 32.8 Å². The zero-order chi connectivity index (χ0) is 12.4. The fourth-order valence-corrected chi connectivity index (χ4v) is 1.81. The molecule has 0 aromatic carbocycles. The Morgan fingerprint density at radius 2 is 1.94 bits per heavy atom. The molecule has 0 saturated heterocycles. The van der Waals surface area contributed by atoms with Crippen molar-refractivity contribution in [2.45, 2.75) is 58.9 Å². The maximum absolute atomic E-state index is 11.2. The lowest BCUT2D eigenvalue weighted by atomic mass is 10.0. The fraction of sp³-hybridized carbons (Fsp3) is 0.923. The van der Waals surface area contributed by atoms with Crippen molar-refractivity contribution >= 4 is 5.97 Å². The molecular formula is C13H27NO2. The third kappa shape index (κ3) is 7.69. The lowest BCUT2D eigenvalue weighted by Gasteiger charge is -2.17. The number of hydrogen-bond acceptors (Lipinski definition) is 3. The van der Waals surface area contributed by atoms with Crippen molar-refractivity contribution in [3.63, 3.8) is 0 Å². The van der Waals surface area contributed by atoms with Gasteiger partial charge < -0.3 is 10.1 Å². The molecule has 0 rings (SSSR count). The maximum Gasteiger partial charge on any atom is 0.308 e. The lowest BCUT2D eigenvalue weighted by Crippen LogP contribution is -2.30. The Labute approximate surface area is 99.9 Å². The highest BCUT2D eigenvalue weighted by Gasteiger charge is 2.15. The Kier molecular flexibility index (Phi) is 9.30. The summed E-state index contributed by atoms with van der Waals surface area (Å²) in [5.74, 6) is -0.122. The van der Waals surface area contributed by atoms with Crippen LogP contribution in [0.25, 0.3) is 0 Å². The summed E-state index contributed by atoms with van der Waals surface area (Å²) in [6.07, 6.45) is 5.96. The van der Waals surface area contributed by atoms with E-state index >= 15 is 0 Å². The highest BCUT2D eigenvalue weighted by molar-refractivity contribution is 5.71. The monoisotopic (exact) mass is 229 g/mol. The highest BCUT2D eigenvalue weighted by atomic mass is 16.5. The van der Waals surface area contributed by atoms with E-state index < -0.39 is 0 Å². The second kappa shape index (κ2) is 9.64. The average molecular weight is 229 g/mol. The largest absolute Gasteiger partial charge is 0.469 e. The van der Waals surface area contributed by atoms with Crippen LogP contribution in [-0.4, -0.2) is 25.7 Å². The summed E-state index contributed by atoms with van der Waals surface area (Å²) in [6.45, 7) is 7.31. The number of methoxy groups -OCH3 is 1. The number of nitrogens with one attached hydrogen (secondary N) is 1. The molecule has 0 heterocycles. The van der Waals surface area contributed by atoms with Gasteiger partial charge in [-0.25, -0.2) is 0 Å². The SMILES string of the molecule is CCCCCCNC(C)CC(C)C(=O)OC. The first kappa shape index (κ1) is 15.4. The van der Waals surface area contributed by atoms with E-state index in [9.17, 15) is 4.79 Å². The summed E-state index contributed by atoms with van der Waals surface area (Å²) in [5.41, 5.74) is 0. The van der Waals surface area contributed by atoms with Gasteiger partial charge in [-0.15, -0.1) is 0 Å². The van der Waals surface area contributed by atoms with Gasteiger partial charge in [0.1, 0.15) is 0 Å². The van der Waals surface area contributed by atoms with Gasteiger partial charge >= 0.3 is 5.97 Å². The van der Waals surface area contributed by atoms with Crippen LogP contribution in [0.3, 0.4) is 0 Å². The third-order valence-corrected chi connectivity index (χ3v) is 2.83. The van der Waals surface area contributed by atoms with E-state index in [0.717, 1.165) is 13.0 Å². The lowest BCUT2D eigenvalue weighted by molar-refractivity contribution is -0.145. The molecule has 0 saturated carbocycles. The first-order valence-corrected chi connectivity index (χ1v) is 6.43. The standard InChI is InChI=1S/C13H27NO2/c1-5-6-7-8-9-14-12(3)10-11(2)13(15)16-4/h11-12,14H,5-10H2,1-4H3. The minimum Gasteiger partial charge on any atom is -0.469 e. The predicted octanol–water partition coefficient (Wildman–Crippen LogP) is 2.74. The van der Waals surface area contributed by atoms with Gasteiger partial charge in [-0.05, 0) is 26.3 Å². The minimum absolute atomic E-state index is 0.0110. The first-order chi connectivity index (χ1) is 7.61. The van der Waals surface area contributed by atoms with Crippen LogP contribution in [0, 0.1) is 5.92 Å². The molecule has 0 spiro atoms. The number of ether oxygens (including phenoxy) is 1. The Morgan fingerprint density at radius 1 is 1.25 bits per heavy atom. The molecule has 0 aliphatic rings. The van der Waals surface area contributed by atoms with E-state index in [1.54, 1.807) is 0 Å². The molecule has 3 heteroatoms. The van der Waals surface area contributed by atoms with Gasteiger partial charge in [0.05, 0.1) is 13.0 Å². The predicted molar refractivity (Wildman–Crippen MR) is 67.4 cm³/mol. The normalized spacial score (nSPS) is 14.5. The number of carbonyl (C=O) groups excluding carboxylic acids is 1. The van der Waals surface area contributed by atoms with Crippen LogP contribution in [0.15, 0.2) is 0 Å². The molecule has 0 aliphatic carbocycles. The summed E-state index contributed by atoms with van der Waals surface area (Å²) < 4.78 is 4.70. The van der Waals surface area contributed by atoms with Gasteiger partial charge in [0.15, 0.2) is 0 Å². The molecule has 0 aromatic heterocycles. The van der Waals surface area contributed by atoms with Gasteiger partial charge in [0.25, 0.3) is 0 Å². The highest BCUT2D eigenvalue weighted by Crippen LogP contribution is 2.07. The van der Waals surface area contributed by atoms with Crippen LogP contribution in [-0.2, 0) is 9.53 Å². The molecule has 3 nitrogen and oxygen atoms in total. The van der Waals surface area contributed by atoms with Crippen molar-refractivity contribution in [1.29, 1.82) is 0 Å². The molecule has 2 atom stereocenters. The van der Waals surface area contributed by atoms with Crippen LogP contribution < -0.4 is 5.32 Å². The van der Waals surface area contributed by atoms with Gasteiger partial charge in [0.2, 0.25) is 0 Å². The second-order valence-electron chi connectivity index (χ2n) is 4.58. The van der Waals surface area contributed by atoms with Crippen molar-refractivity contribution in [1.82, 2.24) is 5.32 Å². The zero-order valence-corrected chi connectivity index (χ0v) is 11.2. The number of unbranched alkanes of at least 4 members (excludes halogenated alkanes) is 3. The Morgan fingerprint density at radius 3 is 2.50 bits per heavy atom. The van der Waals surface area contributed by atoms with Crippen molar-refractivity contribution in [3.8, 4) is 0 Å². The molecule has 96 valence electrons. The molecule has 0 radical (unpaired) electrons. The Hall–Kier alpha value is -0.570. The smallest absolute Gasteiger partial charge is 0.308 e. The summed E-state index contributed by atoms with van der Waals surface area (Å²) in [5, 5.41) is 3.44. The summed E-state index contributed by atoms with van der Waals surface area (Å²) in [6, 6.07) is 0.385. The molecule has 16 heavy (non-hydrogen) atoms. The van der Waals surface area contributed by atoms with Crippen molar-refractivity contribution in [3.05, 3.63) is 0 Å². The van der Waals surface area contributed by atoms with E-state index in [1.807, 2.05) is 6.92 Å². The van der Waals surface area contributed by atoms with E-state index in [2.05, 4.69) is 19.2 Å². The van der Waals surface area contributed by atoms with Gasteiger partial charge in [-0.1, -0.05) is 33.1 Å². The minimum atomic E-state index is -0.111. The molecule has 0 aliphatic heterocycles. The summed E-state index contributed by atoms with van der Waals surface area (Å²) >= 11 is 0. The molecule has 0 aromatic rings. The second-order valence-corrected chi connectivity index (χ2v) is 4.58. The molecule has 0 amide bonds. The average Bonchev–Trinajstić information content (AvgIpc) is 2.27. The molecule has 0 fully saturated rings. The van der Waals surface area contributed by atoms with E-state index in [4.69, 9.17) is 4.74 Å². The van der Waals surface area contributed by atoms with Crippen molar-refractivity contribution in [2.24, 2.45) is 5.92 Å². The van der Waals surface area contributed by atoms with Crippen molar-refractivity contribution < 1.29 is 9.53 Å². The van der Waals surface area contributed by atoms with E-state index in [0.29, 0.717) is 6.04 Å². The number of esters is 1. The first-order valence-electron chi connectivity index (χ1n) is 6.43. The Bertz CT molecular complexity index is 183. The van der Waals surface area contributed by atoms with Crippen molar-refractivity contribution in [2.75, 3.05) is 13.7 Å². The van der Waals surface area contributed by atoms with Crippen LogP contribution in [0.4, 0.5) is 0 Å². The van der Waals surface area contributed by atoms with E-state index in [-0.39, 0.29) is 11.9 Å². The maximum atomic E-state index is 11.2. The quantitative estimate of drug-likeness (QED) is 0.488.